The molecule has 0 unspecified atom stereocenters. The number of nitrogens with zero attached hydrogens (tertiary/aromatic N) is 2. The molecule has 130 valence electrons. The van der Waals surface area contributed by atoms with Crippen molar-refractivity contribution in [3.8, 4) is 0 Å². The van der Waals surface area contributed by atoms with Gasteiger partial charge in [-0.1, -0.05) is 0 Å². The Labute approximate surface area is 143 Å². The number of ether oxygens (including phenoxy) is 1. The number of amides is 1. The molecule has 1 fully saturated rings. The van der Waals surface area contributed by atoms with Crippen LogP contribution in [0.1, 0.15) is 20.7 Å². The van der Waals surface area contributed by atoms with Crippen LogP contribution in [0.4, 0.5) is 15.9 Å². The average Bonchev–Trinajstić information content (AvgIpc) is 2.63. The fraction of sp³-hybridized carbons (Fsp3) is 0.235. The zero-order chi connectivity index (χ0) is 17.8. The van der Waals surface area contributed by atoms with Gasteiger partial charge in [0.2, 0.25) is 0 Å². The van der Waals surface area contributed by atoms with Gasteiger partial charge >= 0.3 is 5.97 Å². The van der Waals surface area contributed by atoms with Crippen LogP contribution >= 0.6 is 0 Å². The lowest BCUT2D eigenvalue weighted by Crippen LogP contribution is -2.37. The number of carbonyl (C=O) groups excluding carboxylic acids is 1. The molecule has 0 spiro atoms. The van der Waals surface area contributed by atoms with E-state index in [9.17, 15) is 19.1 Å². The van der Waals surface area contributed by atoms with Gasteiger partial charge < -0.3 is 20.1 Å². The maximum atomic E-state index is 12.9. The summed E-state index contributed by atoms with van der Waals surface area (Å²) in [6.07, 6.45) is 1.40. The second kappa shape index (κ2) is 7.27. The summed E-state index contributed by atoms with van der Waals surface area (Å²) in [4.78, 5) is 29.7. The van der Waals surface area contributed by atoms with E-state index in [1.807, 2.05) is 4.90 Å². The highest BCUT2D eigenvalue weighted by molar-refractivity contribution is 6.05. The zero-order valence-corrected chi connectivity index (χ0v) is 13.2. The summed E-state index contributed by atoms with van der Waals surface area (Å²) in [5, 5.41) is 12.0. The third kappa shape index (κ3) is 3.92. The summed E-state index contributed by atoms with van der Waals surface area (Å²) >= 11 is 0. The minimum absolute atomic E-state index is 0.00111. The number of carbonyl (C=O) groups is 2. The lowest BCUT2D eigenvalue weighted by atomic mass is 10.2. The number of rotatable bonds is 4. The molecule has 1 saturated heterocycles. The predicted octanol–water partition coefficient (Wildman–Crippen LogP) is 2.01. The SMILES string of the molecule is O=C(Nc1cnc(N2CCOCC2)c(C(=O)O)c1)c1ccc(F)cc1. The quantitative estimate of drug-likeness (QED) is 0.881. The Kier molecular flexibility index (Phi) is 4.90. The summed E-state index contributed by atoms with van der Waals surface area (Å²) < 4.78 is 18.2. The van der Waals surface area contributed by atoms with E-state index in [4.69, 9.17) is 4.74 Å². The predicted molar refractivity (Wildman–Crippen MR) is 88.6 cm³/mol. The Bertz CT molecular complexity index is 789. The normalized spacial score (nSPS) is 14.2. The minimum Gasteiger partial charge on any atom is -0.478 e. The van der Waals surface area contributed by atoms with E-state index < -0.39 is 17.7 Å². The van der Waals surface area contributed by atoms with Crippen LogP contribution in [0.2, 0.25) is 0 Å². The van der Waals surface area contributed by atoms with Crippen LogP contribution in [-0.2, 0) is 4.74 Å². The van der Waals surface area contributed by atoms with Gasteiger partial charge in [0.1, 0.15) is 17.2 Å². The number of aromatic carboxylic acids is 1. The number of hydrogen-bond acceptors (Lipinski definition) is 5. The zero-order valence-electron chi connectivity index (χ0n) is 13.2. The number of nitrogens with one attached hydrogen (secondary N) is 1. The number of halogens is 1. The van der Waals surface area contributed by atoms with Gasteiger partial charge in [0, 0.05) is 18.7 Å². The Balaban J connectivity index is 1.82. The summed E-state index contributed by atoms with van der Waals surface area (Å²) in [5.41, 5.74) is 0.512. The first-order valence-electron chi connectivity index (χ1n) is 7.67. The molecule has 0 saturated carbocycles. The molecular weight excluding hydrogens is 329 g/mol. The Hall–Kier alpha value is -3.00. The van der Waals surface area contributed by atoms with Gasteiger partial charge in [-0.25, -0.2) is 14.2 Å². The van der Waals surface area contributed by atoms with E-state index in [0.717, 1.165) is 0 Å². The van der Waals surface area contributed by atoms with Gasteiger partial charge in [-0.15, -0.1) is 0 Å². The highest BCUT2D eigenvalue weighted by Gasteiger charge is 2.21. The molecule has 0 radical (unpaired) electrons. The second-order valence-electron chi connectivity index (χ2n) is 5.46. The van der Waals surface area contributed by atoms with Gasteiger partial charge in [-0.2, -0.15) is 0 Å². The molecule has 0 bridgehead atoms. The molecule has 1 aromatic carbocycles. The third-order valence-electron chi connectivity index (χ3n) is 3.77. The minimum atomic E-state index is -1.13. The fourth-order valence-electron chi connectivity index (χ4n) is 2.51. The Morgan fingerprint density at radius 3 is 2.52 bits per heavy atom. The molecule has 3 rings (SSSR count). The van der Waals surface area contributed by atoms with E-state index in [-0.39, 0.29) is 16.8 Å². The number of morpholine rings is 1. The van der Waals surface area contributed by atoms with Gasteiger partial charge in [0.05, 0.1) is 25.1 Å². The monoisotopic (exact) mass is 345 g/mol. The molecule has 2 heterocycles. The standard InChI is InChI=1S/C17H16FN3O4/c18-12-3-1-11(2-4-12)16(22)20-13-9-14(17(23)24)15(19-10-13)21-5-7-25-8-6-21/h1-4,9-10H,5-8H2,(H,20,22)(H,23,24). The molecule has 7 nitrogen and oxygen atoms in total. The van der Waals surface area contributed by atoms with Crippen molar-refractivity contribution >= 4 is 23.4 Å². The van der Waals surface area contributed by atoms with Gasteiger partial charge in [-0.3, -0.25) is 4.79 Å². The number of carboxylic acids is 1. The van der Waals surface area contributed by atoms with Crippen LogP contribution in [0.5, 0.6) is 0 Å². The lowest BCUT2D eigenvalue weighted by molar-refractivity contribution is 0.0695. The van der Waals surface area contributed by atoms with Crippen LogP contribution in [0.3, 0.4) is 0 Å². The Morgan fingerprint density at radius 1 is 1.20 bits per heavy atom. The molecule has 0 atom stereocenters. The van der Waals surface area contributed by atoms with Crippen LogP contribution in [0, 0.1) is 5.82 Å². The first kappa shape index (κ1) is 16.8. The summed E-state index contributed by atoms with van der Waals surface area (Å²) in [5.74, 6) is -1.71. The topological polar surface area (TPSA) is 91.8 Å². The van der Waals surface area contributed by atoms with Gasteiger partial charge in [-0.05, 0) is 30.3 Å². The number of anilines is 2. The van der Waals surface area contributed by atoms with Crippen LogP contribution in [-0.4, -0.2) is 48.3 Å². The molecule has 1 aliphatic heterocycles. The molecular formula is C17H16FN3O4. The molecule has 1 amide bonds. The number of benzene rings is 1. The van der Waals surface area contributed by atoms with Crippen LogP contribution in [0.15, 0.2) is 36.5 Å². The van der Waals surface area contributed by atoms with Crippen molar-refractivity contribution in [1.29, 1.82) is 0 Å². The highest BCUT2D eigenvalue weighted by atomic mass is 19.1. The van der Waals surface area contributed by atoms with E-state index in [0.29, 0.717) is 32.1 Å². The van der Waals surface area contributed by atoms with Crippen molar-refractivity contribution in [2.24, 2.45) is 0 Å². The number of carboxylic acid groups (broad SMARTS) is 1. The van der Waals surface area contributed by atoms with Crippen LogP contribution < -0.4 is 10.2 Å². The smallest absolute Gasteiger partial charge is 0.339 e. The molecule has 2 aromatic rings. The number of hydrogen-bond donors (Lipinski definition) is 2. The maximum Gasteiger partial charge on any atom is 0.339 e. The summed E-state index contributed by atoms with van der Waals surface area (Å²) in [6.45, 7) is 2.11. The summed E-state index contributed by atoms with van der Waals surface area (Å²) in [7, 11) is 0. The average molecular weight is 345 g/mol. The molecule has 1 aliphatic rings. The summed E-state index contributed by atoms with van der Waals surface area (Å²) in [6, 6.07) is 6.41. The van der Waals surface area contributed by atoms with E-state index in [1.54, 1.807) is 0 Å². The molecule has 2 N–H and O–H groups in total. The first-order valence-corrected chi connectivity index (χ1v) is 7.67. The molecule has 1 aromatic heterocycles. The van der Waals surface area contributed by atoms with Gasteiger partial charge in [0.15, 0.2) is 0 Å². The number of aromatic nitrogens is 1. The van der Waals surface area contributed by atoms with E-state index >= 15 is 0 Å². The largest absolute Gasteiger partial charge is 0.478 e. The van der Waals surface area contributed by atoms with Crippen molar-refractivity contribution in [2.45, 2.75) is 0 Å². The van der Waals surface area contributed by atoms with Crippen LogP contribution in [0.25, 0.3) is 0 Å². The number of pyridine rings is 1. The second-order valence-corrected chi connectivity index (χ2v) is 5.46. The highest BCUT2D eigenvalue weighted by Crippen LogP contribution is 2.22. The van der Waals surface area contributed by atoms with Crippen molar-refractivity contribution in [1.82, 2.24) is 4.98 Å². The fourth-order valence-corrected chi connectivity index (χ4v) is 2.51. The van der Waals surface area contributed by atoms with Crippen molar-refractivity contribution in [3.05, 3.63) is 53.5 Å². The third-order valence-corrected chi connectivity index (χ3v) is 3.77. The maximum absolute atomic E-state index is 12.9. The van der Waals surface area contributed by atoms with Gasteiger partial charge in [0.25, 0.3) is 5.91 Å². The van der Waals surface area contributed by atoms with Crippen molar-refractivity contribution < 1.29 is 23.8 Å². The first-order chi connectivity index (χ1) is 12.0. The van der Waals surface area contributed by atoms with Crippen molar-refractivity contribution in [2.75, 3.05) is 36.5 Å². The molecule has 0 aliphatic carbocycles. The Morgan fingerprint density at radius 2 is 1.88 bits per heavy atom. The van der Waals surface area contributed by atoms with E-state index in [2.05, 4.69) is 10.3 Å². The van der Waals surface area contributed by atoms with Crippen molar-refractivity contribution in [3.63, 3.8) is 0 Å². The lowest BCUT2D eigenvalue weighted by Gasteiger charge is -2.28. The molecule has 25 heavy (non-hydrogen) atoms. The molecule has 8 heteroatoms. The van der Waals surface area contributed by atoms with E-state index in [1.165, 1.54) is 36.5 Å².